The van der Waals surface area contributed by atoms with Crippen LogP contribution in [-0.2, 0) is 6.54 Å². The molecule has 1 rings (SSSR count). The van der Waals surface area contributed by atoms with Gasteiger partial charge in [0.1, 0.15) is 0 Å². The van der Waals surface area contributed by atoms with E-state index >= 15 is 0 Å². The molecule has 0 aliphatic carbocycles. The van der Waals surface area contributed by atoms with Crippen LogP contribution >= 0.6 is 11.8 Å². The van der Waals surface area contributed by atoms with Crippen molar-refractivity contribution < 1.29 is 14.7 Å². The number of nitrogens with zero attached hydrogens (tertiary/aromatic N) is 1. The van der Waals surface area contributed by atoms with Crippen molar-refractivity contribution in [3.05, 3.63) is 29.6 Å². The molecule has 0 radical (unpaired) electrons. The molecule has 1 unspecified atom stereocenters. The third-order valence-electron chi connectivity index (χ3n) is 2.29. The van der Waals surface area contributed by atoms with Crippen LogP contribution in [0.5, 0.6) is 0 Å². The second-order valence-corrected chi connectivity index (χ2v) is 4.94. The summed E-state index contributed by atoms with van der Waals surface area (Å²) in [6.45, 7) is 2.11. The molecule has 104 valence electrons. The van der Waals surface area contributed by atoms with E-state index in [9.17, 15) is 9.59 Å². The largest absolute Gasteiger partial charge is 0.478 e. The Morgan fingerprint density at radius 2 is 2.26 bits per heavy atom. The zero-order valence-corrected chi connectivity index (χ0v) is 11.7. The van der Waals surface area contributed by atoms with Crippen LogP contribution in [0.3, 0.4) is 0 Å². The van der Waals surface area contributed by atoms with Crippen molar-refractivity contribution in [3.8, 4) is 0 Å². The number of carbonyl (C=O) groups is 2. The minimum atomic E-state index is -1.01. The lowest BCUT2D eigenvalue weighted by Crippen LogP contribution is -2.41. The highest BCUT2D eigenvalue weighted by Crippen LogP contribution is 2.01. The fourth-order valence-corrected chi connectivity index (χ4v) is 2.03. The summed E-state index contributed by atoms with van der Waals surface area (Å²) in [7, 11) is 0. The Hall–Kier alpha value is -1.76. The van der Waals surface area contributed by atoms with E-state index in [4.69, 9.17) is 5.11 Å². The maximum Gasteiger partial charge on any atom is 0.335 e. The molecule has 1 atom stereocenters. The van der Waals surface area contributed by atoms with Crippen LogP contribution in [0.4, 0.5) is 4.79 Å². The van der Waals surface area contributed by atoms with Gasteiger partial charge in [-0.2, -0.15) is 11.8 Å². The number of carboxylic acid groups (broad SMARTS) is 1. The van der Waals surface area contributed by atoms with Crippen molar-refractivity contribution >= 4 is 23.8 Å². The molecule has 0 bridgehead atoms. The first-order valence-corrected chi connectivity index (χ1v) is 7.14. The molecule has 2 amide bonds. The van der Waals surface area contributed by atoms with Crippen LogP contribution in [0.15, 0.2) is 18.3 Å². The molecule has 0 aliphatic rings. The van der Waals surface area contributed by atoms with Gasteiger partial charge in [0.25, 0.3) is 0 Å². The minimum Gasteiger partial charge on any atom is -0.478 e. The van der Waals surface area contributed by atoms with Crippen LogP contribution in [0, 0.1) is 0 Å². The molecule has 1 aromatic heterocycles. The van der Waals surface area contributed by atoms with E-state index in [2.05, 4.69) is 15.6 Å². The summed E-state index contributed by atoms with van der Waals surface area (Å²) in [6, 6.07) is 2.64. The number of hydrogen-bond donors (Lipinski definition) is 3. The summed E-state index contributed by atoms with van der Waals surface area (Å²) in [6.07, 6.45) is 3.38. The van der Waals surface area contributed by atoms with Crippen LogP contribution in [0.1, 0.15) is 23.0 Å². The molecule has 0 aliphatic heterocycles. The average molecular weight is 283 g/mol. The Bertz CT molecular complexity index is 454. The fourth-order valence-electron chi connectivity index (χ4n) is 1.45. The van der Waals surface area contributed by atoms with Crippen molar-refractivity contribution in [2.75, 3.05) is 12.0 Å². The normalized spacial score (nSPS) is 11.7. The van der Waals surface area contributed by atoms with Crippen molar-refractivity contribution in [1.82, 2.24) is 15.6 Å². The summed E-state index contributed by atoms with van der Waals surface area (Å²) in [5.74, 6) is -0.179. The lowest BCUT2D eigenvalue weighted by molar-refractivity contribution is 0.0696. The number of aromatic carboxylic acids is 1. The van der Waals surface area contributed by atoms with Crippen molar-refractivity contribution in [1.29, 1.82) is 0 Å². The van der Waals surface area contributed by atoms with E-state index in [1.54, 1.807) is 11.8 Å². The lowest BCUT2D eigenvalue weighted by atomic mass is 10.2. The fraction of sp³-hybridized carbons (Fsp3) is 0.417. The predicted octanol–water partition coefficient (Wildman–Crippen LogP) is 1.33. The molecule has 19 heavy (non-hydrogen) atoms. The number of carbonyl (C=O) groups excluding carboxylic acids is 1. The molecular weight excluding hydrogens is 266 g/mol. The maximum atomic E-state index is 11.5. The first-order valence-electron chi connectivity index (χ1n) is 5.74. The second-order valence-electron chi connectivity index (χ2n) is 4.02. The molecular formula is C12H17N3O3S. The number of aromatic nitrogens is 1. The van der Waals surface area contributed by atoms with Gasteiger partial charge in [-0.1, -0.05) is 0 Å². The summed E-state index contributed by atoms with van der Waals surface area (Å²) >= 11 is 1.65. The molecule has 7 heteroatoms. The molecule has 6 nitrogen and oxygen atoms in total. The highest BCUT2D eigenvalue weighted by molar-refractivity contribution is 7.98. The third-order valence-corrected chi connectivity index (χ3v) is 3.12. The number of pyridine rings is 1. The molecule has 3 N–H and O–H groups in total. The van der Waals surface area contributed by atoms with Crippen LogP contribution < -0.4 is 10.6 Å². The third kappa shape index (κ3) is 5.60. The van der Waals surface area contributed by atoms with Gasteiger partial charge in [-0.05, 0) is 25.3 Å². The van der Waals surface area contributed by atoms with Gasteiger partial charge < -0.3 is 15.7 Å². The van der Waals surface area contributed by atoms with Crippen LogP contribution in [-0.4, -0.2) is 40.1 Å². The van der Waals surface area contributed by atoms with E-state index in [0.29, 0.717) is 5.69 Å². The molecule has 0 fully saturated rings. The minimum absolute atomic E-state index is 0.0771. The van der Waals surface area contributed by atoms with Crippen molar-refractivity contribution in [2.24, 2.45) is 0 Å². The molecule has 1 heterocycles. The molecule has 0 saturated carbocycles. The molecule has 0 spiro atoms. The first kappa shape index (κ1) is 15.3. The van der Waals surface area contributed by atoms with E-state index in [1.165, 1.54) is 18.3 Å². The van der Waals surface area contributed by atoms with Crippen LogP contribution in [0.25, 0.3) is 0 Å². The van der Waals surface area contributed by atoms with E-state index in [1.807, 2.05) is 13.2 Å². The lowest BCUT2D eigenvalue weighted by Gasteiger charge is -2.13. The average Bonchev–Trinajstić information content (AvgIpc) is 2.37. The Labute approximate surface area is 116 Å². The van der Waals surface area contributed by atoms with E-state index in [0.717, 1.165) is 5.75 Å². The molecule has 1 aromatic rings. The number of thioether (sulfide) groups is 1. The Morgan fingerprint density at radius 3 is 2.89 bits per heavy atom. The quantitative estimate of drug-likeness (QED) is 0.732. The number of rotatable bonds is 6. The van der Waals surface area contributed by atoms with Gasteiger partial charge in [-0.15, -0.1) is 0 Å². The van der Waals surface area contributed by atoms with Gasteiger partial charge in [0.2, 0.25) is 0 Å². The maximum absolute atomic E-state index is 11.5. The monoisotopic (exact) mass is 283 g/mol. The smallest absolute Gasteiger partial charge is 0.335 e. The Morgan fingerprint density at radius 1 is 1.53 bits per heavy atom. The standard InChI is InChI=1S/C12H17N3O3S/c1-8(7-19-2)15-12(18)14-6-10-5-9(11(16)17)3-4-13-10/h3-5,8H,6-7H2,1-2H3,(H,16,17)(H2,14,15,18). The van der Waals surface area contributed by atoms with Gasteiger partial charge in [0.15, 0.2) is 0 Å². The zero-order chi connectivity index (χ0) is 14.3. The summed E-state index contributed by atoms with van der Waals surface area (Å²) in [5, 5.41) is 14.2. The molecule has 0 aromatic carbocycles. The van der Waals surface area contributed by atoms with Gasteiger partial charge in [-0.3, -0.25) is 4.98 Å². The predicted molar refractivity (Wildman–Crippen MR) is 74.4 cm³/mol. The highest BCUT2D eigenvalue weighted by Gasteiger charge is 2.08. The second kappa shape index (κ2) is 7.63. The number of carboxylic acids is 1. The molecule has 0 saturated heterocycles. The van der Waals surface area contributed by atoms with E-state index in [-0.39, 0.29) is 24.2 Å². The summed E-state index contributed by atoms with van der Waals surface area (Å²) in [4.78, 5) is 26.3. The Balaban J connectivity index is 2.46. The van der Waals surface area contributed by atoms with Crippen LogP contribution in [0.2, 0.25) is 0 Å². The number of amides is 2. The Kier molecular flexibility index (Phi) is 6.14. The SMILES string of the molecule is CSCC(C)NC(=O)NCc1cc(C(=O)O)ccn1. The van der Waals surface area contributed by atoms with Gasteiger partial charge in [-0.25, -0.2) is 9.59 Å². The van der Waals surface area contributed by atoms with Crippen molar-refractivity contribution in [2.45, 2.75) is 19.5 Å². The van der Waals surface area contributed by atoms with Crippen molar-refractivity contribution in [3.63, 3.8) is 0 Å². The number of hydrogen-bond acceptors (Lipinski definition) is 4. The summed E-state index contributed by atoms with van der Waals surface area (Å²) < 4.78 is 0. The van der Waals surface area contributed by atoms with Gasteiger partial charge >= 0.3 is 12.0 Å². The topological polar surface area (TPSA) is 91.3 Å². The summed E-state index contributed by atoms with van der Waals surface area (Å²) in [5.41, 5.74) is 0.663. The zero-order valence-electron chi connectivity index (χ0n) is 10.8. The van der Waals surface area contributed by atoms with E-state index < -0.39 is 5.97 Å². The number of nitrogens with one attached hydrogen (secondary N) is 2. The number of urea groups is 1. The highest BCUT2D eigenvalue weighted by atomic mass is 32.2. The van der Waals surface area contributed by atoms with Gasteiger partial charge in [0.05, 0.1) is 17.8 Å². The van der Waals surface area contributed by atoms with Gasteiger partial charge in [0, 0.05) is 18.0 Å². The first-order chi connectivity index (χ1) is 9.02.